The van der Waals surface area contributed by atoms with E-state index in [1.807, 2.05) is 0 Å². The maximum atomic E-state index is 12.0. The topological polar surface area (TPSA) is 38.0 Å². The molecular formula is C6H12ClF3N2. The lowest BCUT2D eigenvalue weighted by Gasteiger charge is -2.37. The molecule has 2 atom stereocenters. The van der Waals surface area contributed by atoms with E-state index in [2.05, 4.69) is 5.43 Å². The third kappa shape index (κ3) is 2.50. The van der Waals surface area contributed by atoms with Crippen molar-refractivity contribution in [2.45, 2.75) is 19.0 Å². The van der Waals surface area contributed by atoms with Gasteiger partial charge in [0.25, 0.3) is 0 Å². The molecule has 12 heavy (non-hydrogen) atoms. The number of hydrogen-bond acceptors (Lipinski definition) is 2. The van der Waals surface area contributed by atoms with Gasteiger partial charge >= 0.3 is 6.18 Å². The van der Waals surface area contributed by atoms with Crippen LogP contribution in [0.2, 0.25) is 0 Å². The van der Waals surface area contributed by atoms with Gasteiger partial charge in [-0.05, 0) is 18.8 Å². The molecule has 0 saturated heterocycles. The van der Waals surface area contributed by atoms with Crippen LogP contribution in [0.15, 0.2) is 0 Å². The lowest BCUT2D eigenvalue weighted by atomic mass is 9.73. The first-order valence-corrected chi connectivity index (χ1v) is 3.56. The molecule has 0 unspecified atom stereocenters. The first-order valence-electron chi connectivity index (χ1n) is 3.56. The highest BCUT2D eigenvalue weighted by Crippen LogP contribution is 2.44. The van der Waals surface area contributed by atoms with E-state index in [0.717, 1.165) is 0 Å². The second kappa shape index (κ2) is 4.30. The fourth-order valence-corrected chi connectivity index (χ4v) is 1.40. The van der Waals surface area contributed by atoms with E-state index in [4.69, 9.17) is 5.84 Å². The highest BCUT2D eigenvalue weighted by Gasteiger charge is 2.49. The minimum Gasteiger partial charge on any atom is -0.271 e. The van der Waals surface area contributed by atoms with E-state index in [9.17, 15) is 13.2 Å². The number of hydrazine groups is 1. The molecule has 3 N–H and O–H groups in total. The van der Waals surface area contributed by atoms with Gasteiger partial charge in [-0.3, -0.25) is 11.3 Å². The molecule has 0 aliphatic heterocycles. The Morgan fingerprint density at radius 3 is 2.17 bits per heavy atom. The van der Waals surface area contributed by atoms with Crippen molar-refractivity contribution >= 4 is 12.4 Å². The summed E-state index contributed by atoms with van der Waals surface area (Å²) in [5.41, 5.74) is 2.27. The van der Waals surface area contributed by atoms with Crippen molar-refractivity contribution in [3.8, 4) is 0 Å². The van der Waals surface area contributed by atoms with Crippen LogP contribution in [0.4, 0.5) is 13.2 Å². The average molecular weight is 205 g/mol. The van der Waals surface area contributed by atoms with Crippen molar-refractivity contribution < 1.29 is 13.2 Å². The van der Waals surface area contributed by atoms with Crippen molar-refractivity contribution in [2.24, 2.45) is 17.7 Å². The predicted octanol–water partition coefficient (Wildman–Crippen LogP) is 1.46. The Balaban J connectivity index is 0.00000121. The normalized spacial score (nSPS) is 29.0. The fourth-order valence-electron chi connectivity index (χ4n) is 1.40. The zero-order valence-corrected chi connectivity index (χ0v) is 7.21. The SMILES string of the molecule is Cl.NNC[C@@H]1CC[C@H]1C(F)(F)F. The predicted molar refractivity (Wildman–Crippen MR) is 41.7 cm³/mol. The van der Waals surface area contributed by atoms with Gasteiger partial charge in [-0.2, -0.15) is 13.2 Å². The van der Waals surface area contributed by atoms with E-state index in [0.29, 0.717) is 6.42 Å². The van der Waals surface area contributed by atoms with Crippen molar-refractivity contribution in [1.82, 2.24) is 5.43 Å². The molecule has 6 heteroatoms. The Kier molecular flexibility index (Phi) is 4.30. The Morgan fingerprint density at radius 2 is 1.92 bits per heavy atom. The monoisotopic (exact) mass is 204 g/mol. The Bertz CT molecular complexity index is 139. The molecule has 0 heterocycles. The van der Waals surface area contributed by atoms with Crippen LogP contribution < -0.4 is 11.3 Å². The first kappa shape index (κ1) is 12.0. The molecule has 1 fully saturated rings. The van der Waals surface area contributed by atoms with E-state index < -0.39 is 12.1 Å². The van der Waals surface area contributed by atoms with Crippen LogP contribution in [0.5, 0.6) is 0 Å². The second-order valence-corrected chi connectivity index (χ2v) is 2.89. The summed E-state index contributed by atoms with van der Waals surface area (Å²) in [5.74, 6) is 3.50. The summed E-state index contributed by atoms with van der Waals surface area (Å²) in [6, 6.07) is 0. The van der Waals surface area contributed by atoms with Crippen LogP contribution in [0.3, 0.4) is 0 Å². The van der Waals surface area contributed by atoms with Gasteiger partial charge in [0.1, 0.15) is 0 Å². The van der Waals surface area contributed by atoms with Gasteiger partial charge < -0.3 is 0 Å². The van der Waals surface area contributed by atoms with Crippen LogP contribution in [0, 0.1) is 11.8 Å². The van der Waals surface area contributed by atoms with Gasteiger partial charge in [0, 0.05) is 6.54 Å². The highest BCUT2D eigenvalue weighted by atomic mass is 35.5. The van der Waals surface area contributed by atoms with E-state index >= 15 is 0 Å². The first-order chi connectivity index (χ1) is 5.05. The third-order valence-corrected chi connectivity index (χ3v) is 2.22. The van der Waals surface area contributed by atoms with Crippen molar-refractivity contribution in [1.29, 1.82) is 0 Å². The third-order valence-electron chi connectivity index (χ3n) is 2.22. The molecule has 0 spiro atoms. The van der Waals surface area contributed by atoms with Gasteiger partial charge in [-0.15, -0.1) is 12.4 Å². The van der Waals surface area contributed by atoms with Gasteiger partial charge in [0.05, 0.1) is 5.92 Å². The minimum atomic E-state index is -4.03. The van der Waals surface area contributed by atoms with Crippen molar-refractivity contribution in [3.63, 3.8) is 0 Å². The summed E-state index contributed by atoms with van der Waals surface area (Å²) in [4.78, 5) is 0. The van der Waals surface area contributed by atoms with E-state index in [-0.39, 0.29) is 31.3 Å². The Morgan fingerprint density at radius 1 is 1.33 bits per heavy atom. The molecule has 0 bridgehead atoms. The highest BCUT2D eigenvalue weighted by molar-refractivity contribution is 5.85. The minimum absolute atomic E-state index is 0. The number of nitrogens with two attached hydrogens (primary N) is 1. The van der Waals surface area contributed by atoms with Crippen molar-refractivity contribution in [2.75, 3.05) is 6.54 Å². The quantitative estimate of drug-likeness (QED) is 0.528. The average Bonchev–Trinajstić information content (AvgIpc) is 1.75. The van der Waals surface area contributed by atoms with E-state index in [1.54, 1.807) is 0 Å². The van der Waals surface area contributed by atoms with Gasteiger partial charge in [-0.25, -0.2) is 0 Å². The second-order valence-electron chi connectivity index (χ2n) is 2.89. The number of nitrogens with one attached hydrogen (secondary N) is 1. The largest absolute Gasteiger partial charge is 0.392 e. The summed E-state index contributed by atoms with van der Waals surface area (Å²) < 4.78 is 36.0. The molecule has 74 valence electrons. The smallest absolute Gasteiger partial charge is 0.271 e. The molecule has 0 aromatic rings. The molecule has 1 rings (SSSR count). The molecule has 0 amide bonds. The fraction of sp³-hybridized carbons (Fsp3) is 1.00. The lowest BCUT2D eigenvalue weighted by Crippen LogP contribution is -2.44. The zero-order valence-electron chi connectivity index (χ0n) is 6.40. The summed E-state index contributed by atoms with van der Waals surface area (Å²) in [6.07, 6.45) is -3.13. The van der Waals surface area contributed by atoms with Crippen LogP contribution >= 0.6 is 12.4 Å². The van der Waals surface area contributed by atoms with Gasteiger partial charge in [0.2, 0.25) is 0 Å². The Hall–Kier alpha value is -0.0000000000000000555. The summed E-state index contributed by atoms with van der Waals surface area (Å²) in [5, 5.41) is 0. The molecule has 1 saturated carbocycles. The molecule has 1 aliphatic rings. The summed E-state index contributed by atoms with van der Waals surface area (Å²) >= 11 is 0. The van der Waals surface area contributed by atoms with Gasteiger partial charge in [0.15, 0.2) is 0 Å². The summed E-state index contributed by atoms with van der Waals surface area (Å²) in [6.45, 7) is 0.268. The number of halogens is 4. The molecule has 1 aliphatic carbocycles. The van der Waals surface area contributed by atoms with Crippen LogP contribution in [-0.4, -0.2) is 12.7 Å². The maximum Gasteiger partial charge on any atom is 0.392 e. The van der Waals surface area contributed by atoms with Gasteiger partial charge in [-0.1, -0.05) is 0 Å². The van der Waals surface area contributed by atoms with Crippen LogP contribution in [-0.2, 0) is 0 Å². The molecular weight excluding hydrogens is 193 g/mol. The maximum absolute atomic E-state index is 12.0. The zero-order chi connectivity index (χ0) is 8.48. The number of hydrogen-bond donors (Lipinski definition) is 2. The molecule has 0 aromatic carbocycles. The summed E-state index contributed by atoms with van der Waals surface area (Å²) in [7, 11) is 0. The lowest BCUT2D eigenvalue weighted by molar-refractivity contribution is -0.212. The van der Waals surface area contributed by atoms with E-state index in [1.165, 1.54) is 0 Å². The van der Waals surface area contributed by atoms with Crippen LogP contribution in [0.25, 0.3) is 0 Å². The molecule has 2 nitrogen and oxygen atoms in total. The number of rotatable bonds is 2. The standard InChI is InChI=1S/C6H11F3N2.ClH/c7-6(8,9)5-2-1-4(5)3-11-10;/h4-5,11H,1-3,10H2;1H/t4-,5+;/m0./s1. The van der Waals surface area contributed by atoms with Crippen LogP contribution in [0.1, 0.15) is 12.8 Å². The molecule has 0 aromatic heterocycles. The van der Waals surface area contributed by atoms with Crippen molar-refractivity contribution in [3.05, 3.63) is 0 Å². The number of alkyl halides is 3. The Labute approximate surface area is 75.1 Å². The molecule has 0 radical (unpaired) electrons.